The fraction of sp³-hybridized carbons (Fsp3) is 0.250. The first-order chi connectivity index (χ1) is 14.1. The molecule has 0 spiro atoms. The highest BCUT2D eigenvalue weighted by Gasteiger charge is 2.34. The maximum Gasteiger partial charge on any atom is 0.182 e. The first-order valence-corrected chi connectivity index (χ1v) is 11.1. The van der Waals surface area contributed by atoms with E-state index in [-0.39, 0.29) is 0 Å². The van der Waals surface area contributed by atoms with Crippen molar-refractivity contribution in [3.05, 3.63) is 77.4 Å². The number of hydrogen-bond donors (Lipinski definition) is 2. The standard InChI is InChI=1S/C24H26N2O2S/c1-17-12-13-23-24(18(17)2)26(20-9-4-6-11-22(20)29(23)28)15-7-14-25-16-19-8-3-5-10-21(19)27/h3-6,8-13,25,27H,7,14-16H2,1-2H3. The predicted octanol–water partition coefficient (Wildman–Crippen LogP) is 4.81. The van der Waals surface area contributed by atoms with Crippen molar-refractivity contribution >= 4 is 22.6 Å². The molecule has 0 aliphatic carbocycles. The van der Waals surface area contributed by atoms with Gasteiger partial charge < -0.3 is 19.9 Å². The molecule has 1 heterocycles. The number of aryl methyl sites for hydroxylation is 1. The largest absolute Gasteiger partial charge is 0.606 e. The zero-order valence-electron chi connectivity index (χ0n) is 16.8. The van der Waals surface area contributed by atoms with Gasteiger partial charge in [0.1, 0.15) is 11.4 Å². The molecular formula is C24H26N2O2S. The molecule has 5 heteroatoms. The third-order valence-electron chi connectivity index (χ3n) is 5.53. The molecule has 4 nitrogen and oxygen atoms in total. The fourth-order valence-corrected chi connectivity index (χ4v) is 5.25. The summed E-state index contributed by atoms with van der Waals surface area (Å²) in [6, 6.07) is 19.5. The van der Waals surface area contributed by atoms with Crippen molar-refractivity contribution in [3.63, 3.8) is 0 Å². The molecule has 0 aromatic heterocycles. The number of para-hydroxylation sites is 2. The van der Waals surface area contributed by atoms with Crippen LogP contribution in [0.2, 0.25) is 0 Å². The van der Waals surface area contributed by atoms with Crippen molar-refractivity contribution < 1.29 is 9.66 Å². The molecule has 3 aromatic rings. The Morgan fingerprint density at radius 2 is 1.72 bits per heavy atom. The van der Waals surface area contributed by atoms with Crippen molar-refractivity contribution in [2.45, 2.75) is 36.6 Å². The maximum atomic E-state index is 13.1. The third-order valence-corrected chi connectivity index (χ3v) is 7.01. The zero-order chi connectivity index (χ0) is 20.4. The second kappa shape index (κ2) is 8.49. The lowest BCUT2D eigenvalue weighted by atomic mass is 10.1. The predicted molar refractivity (Wildman–Crippen MR) is 118 cm³/mol. The number of phenols is 1. The maximum absolute atomic E-state index is 13.1. The summed E-state index contributed by atoms with van der Waals surface area (Å²) in [4.78, 5) is 4.09. The van der Waals surface area contributed by atoms with Crippen molar-refractivity contribution in [1.29, 1.82) is 0 Å². The molecule has 2 N–H and O–H groups in total. The van der Waals surface area contributed by atoms with Gasteiger partial charge >= 0.3 is 0 Å². The van der Waals surface area contributed by atoms with Gasteiger partial charge in [0.05, 0.1) is 5.69 Å². The SMILES string of the molecule is Cc1ccc2c(c1C)N(CCCNCc1ccccc1O)c1ccccc1[S+]2[O-]. The van der Waals surface area contributed by atoms with Gasteiger partial charge in [-0.3, -0.25) is 0 Å². The van der Waals surface area contributed by atoms with Crippen molar-refractivity contribution in [1.82, 2.24) is 5.32 Å². The lowest BCUT2D eigenvalue weighted by molar-refractivity contribution is 0.464. The van der Waals surface area contributed by atoms with Gasteiger partial charge in [-0.1, -0.05) is 36.4 Å². The number of aromatic hydroxyl groups is 1. The molecule has 150 valence electrons. The van der Waals surface area contributed by atoms with Gasteiger partial charge in [0, 0.05) is 29.8 Å². The fourth-order valence-electron chi connectivity index (χ4n) is 3.81. The summed E-state index contributed by atoms with van der Waals surface area (Å²) in [5, 5.41) is 13.3. The Hall–Kier alpha value is -2.47. The van der Waals surface area contributed by atoms with Crippen LogP contribution in [0.5, 0.6) is 5.75 Å². The highest BCUT2D eigenvalue weighted by Crippen LogP contribution is 2.46. The van der Waals surface area contributed by atoms with Crippen LogP contribution in [0, 0.1) is 13.8 Å². The Morgan fingerprint density at radius 3 is 2.55 bits per heavy atom. The second-order valence-corrected chi connectivity index (χ2v) is 8.82. The molecule has 1 atom stereocenters. The van der Waals surface area contributed by atoms with E-state index in [1.807, 2.05) is 42.5 Å². The highest BCUT2D eigenvalue weighted by molar-refractivity contribution is 7.92. The minimum atomic E-state index is -1.15. The normalized spacial score (nSPS) is 15.1. The number of benzene rings is 3. The van der Waals surface area contributed by atoms with Crippen LogP contribution in [0.25, 0.3) is 0 Å². The van der Waals surface area contributed by atoms with E-state index >= 15 is 0 Å². The molecule has 0 saturated carbocycles. The number of anilines is 2. The highest BCUT2D eigenvalue weighted by atomic mass is 32.2. The van der Waals surface area contributed by atoms with Crippen LogP contribution < -0.4 is 10.2 Å². The van der Waals surface area contributed by atoms with E-state index in [9.17, 15) is 9.66 Å². The lowest BCUT2D eigenvalue weighted by Crippen LogP contribution is -2.30. The van der Waals surface area contributed by atoms with Crippen LogP contribution in [0.3, 0.4) is 0 Å². The number of fused-ring (bicyclic) bond motifs is 2. The van der Waals surface area contributed by atoms with Gasteiger partial charge in [-0.05, 0) is 62.2 Å². The summed E-state index contributed by atoms with van der Waals surface area (Å²) in [6.45, 7) is 6.52. The Kier molecular flexibility index (Phi) is 5.81. The Labute approximate surface area is 175 Å². The summed E-state index contributed by atoms with van der Waals surface area (Å²) in [7, 11) is 0. The zero-order valence-corrected chi connectivity index (χ0v) is 17.6. The Morgan fingerprint density at radius 1 is 0.966 bits per heavy atom. The minimum absolute atomic E-state index is 0.326. The lowest BCUT2D eigenvalue weighted by Gasteiger charge is -2.34. The summed E-state index contributed by atoms with van der Waals surface area (Å²) >= 11 is -1.15. The number of phenolic OH excluding ortho intramolecular Hbond substituents is 1. The van der Waals surface area contributed by atoms with Gasteiger partial charge in [0.25, 0.3) is 0 Å². The molecule has 1 aliphatic heterocycles. The summed E-state index contributed by atoms with van der Waals surface area (Å²) in [5.41, 5.74) is 5.42. The average Bonchev–Trinajstić information content (AvgIpc) is 2.73. The molecule has 4 rings (SSSR count). The number of rotatable bonds is 6. The first-order valence-electron chi connectivity index (χ1n) is 9.94. The third kappa shape index (κ3) is 3.86. The van der Waals surface area contributed by atoms with E-state index in [2.05, 4.69) is 36.2 Å². The van der Waals surface area contributed by atoms with Crippen LogP contribution in [-0.2, 0) is 17.7 Å². The summed E-state index contributed by atoms with van der Waals surface area (Å²) in [5.74, 6) is 0.326. The van der Waals surface area contributed by atoms with Crippen molar-refractivity contribution in [2.75, 3.05) is 18.0 Å². The number of nitrogens with zero attached hydrogens (tertiary/aromatic N) is 1. The smallest absolute Gasteiger partial charge is 0.182 e. The first kappa shape index (κ1) is 19.8. The molecule has 0 saturated heterocycles. The molecule has 0 fully saturated rings. The van der Waals surface area contributed by atoms with Crippen LogP contribution >= 0.6 is 0 Å². The van der Waals surface area contributed by atoms with Gasteiger partial charge in [-0.15, -0.1) is 0 Å². The molecular weight excluding hydrogens is 380 g/mol. The van der Waals surface area contributed by atoms with E-state index in [4.69, 9.17) is 0 Å². The van der Waals surface area contributed by atoms with Gasteiger partial charge in [-0.2, -0.15) is 0 Å². The van der Waals surface area contributed by atoms with Crippen LogP contribution in [-0.4, -0.2) is 22.7 Å². The summed E-state index contributed by atoms with van der Waals surface area (Å²) < 4.78 is 13.1. The molecule has 1 unspecified atom stereocenters. The van der Waals surface area contributed by atoms with Crippen LogP contribution in [0.1, 0.15) is 23.1 Å². The topological polar surface area (TPSA) is 58.6 Å². The van der Waals surface area contributed by atoms with Crippen LogP contribution in [0.4, 0.5) is 11.4 Å². The quantitative estimate of drug-likeness (QED) is 0.456. The molecule has 0 amide bonds. The molecule has 0 bridgehead atoms. The van der Waals surface area contributed by atoms with Gasteiger partial charge in [0.2, 0.25) is 0 Å². The monoisotopic (exact) mass is 406 g/mol. The van der Waals surface area contributed by atoms with E-state index in [1.165, 1.54) is 11.1 Å². The average molecular weight is 407 g/mol. The van der Waals surface area contributed by atoms with E-state index in [0.717, 1.165) is 46.2 Å². The molecule has 0 radical (unpaired) electrons. The van der Waals surface area contributed by atoms with E-state index in [0.29, 0.717) is 12.3 Å². The Balaban J connectivity index is 1.51. The number of hydrogen-bond acceptors (Lipinski definition) is 4. The number of nitrogens with one attached hydrogen (secondary N) is 1. The van der Waals surface area contributed by atoms with Crippen molar-refractivity contribution in [3.8, 4) is 5.75 Å². The molecule has 3 aromatic carbocycles. The van der Waals surface area contributed by atoms with E-state index < -0.39 is 11.2 Å². The van der Waals surface area contributed by atoms with Crippen LogP contribution in [0.15, 0.2) is 70.5 Å². The van der Waals surface area contributed by atoms with Gasteiger partial charge in [-0.25, -0.2) is 0 Å². The second-order valence-electron chi connectivity index (χ2n) is 7.40. The molecule has 1 aliphatic rings. The minimum Gasteiger partial charge on any atom is -0.606 e. The Bertz CT molecular complexity index is 1020. The van der Waals surface area contributed by atoms with E-state index in [1.54, 1.807) is 6.07 Å². The van der Waals surface area contributed by atoms with Crippen molar-refractivity contribution in [2.24, 2.45) is 0 Å². The molecule has 29 heavy (non-hydrogen) atoms. The summed E-state index contributed by atoms with van der Waals surface area (Å²) in [6.07, 6.45) is 0.932. The van der Waals surface area contributed by atoms with Gasteiger partial charge in [0.15, 0.2) is 9.79 Å².